The van der Waals surface area contributed by atoms with E-state index in [2.05, 4.69) is 10.5 Å². The van der Waals surface area contributed by atoms with E-state index in [1.54, 1.807) is 29.1 Å². The summed E-state index contributed by atoms with van der Waals surface area (Å²) in [6.45, 7) is 6.05. The summed E-state index contributed by atoms with van der Waals surface area (Å²) in [5, 5.41) is 14.2. The molecule has 0 saturated heterocycles. The number of nitrogens with zero attached hydrogens (tertiary/aromatic N) is 2. The molecule has 0 aliphatic rings. The molecule has 0 aromatic carbocycles. The van der Waals surface area contributed by atoms with Crippen LogP contribution in [-0.4, -0.2) is 22.9 Å². The molecule has 5 nitrogen and oxygen atoms in total. The number of hydrogen-bond donors (Lipinski definition) is 2. The van der Waals surface area contributed by atoms with Gasteiger partial charge in [0, 0.05) is 11.6 Å². The van der Waals surface area contributed by atoms with Gasteiger partial charge in [-0.05, 0) is 26.8 Å². The molecule has 1 aromatic heterocycles. The molecule has 1 aromatic rings. The van der Waals surface area contributed by atoms with E-state index in [1.165, 1.54) is 6.21 Å². The van der Waals surface area contributed by atoms with E-state index >= 15 is 0 Å². The van der Waals surface area contributed by atoms with Crippen molar-refractivity contribution in [3.05, 3.63) is 30.1 Å². The van der Waals surface area contributed by atoms with Gasteiger partial charge < -0.3 is 22.9 Å². The molecule has 1 amide bonds. The normalized spacial score (nSPS) is 11.1. The molecule has 18 heavy (non-hydrogen) atoms. The van der Waals surface area contributed by atoms with Crippen LogP contribution >= 0.6 is 0 Å². The molecule has 0 unspecified atom stereocenters. The summed E-state index contributed by atoms with van der Waals surface area (Å²) >= 11 is 0. The van der Waals surface area contributed by atoms with Crippen molar-refractivity contribution in [2.75, 3.05) is 0 Å². The zero-order valence-electron chi connectivity index (χ0n) is 10.7. The number of carbonyl (C=O) groups is 1. The van der Waals surface area contributed by atoms with E-state index in [1.807, 2.05) is 20.8 Å². The van der Waals surface area contributed by atoms with Gasteiger partial charge in [0.15, 0.2) is 12.4 Å². The lowest BCUT2D eigenvalue weighted by atomic mass is 10.1. The molecule has 0 fully saturated rings. The first-order chi connectivity index (χ1) is 7.90. The van der Waals surface area contributed by atoms with Crippen molar-refractivity contribution < 1.29 is 27.0 Å². The zero-order chi connectivity index (χ0) is 12.9. The molecule has 2 N–H and O–H groups in total. The Bertz CT molecular complexity index is 428. The van der Waals surface area contributed by atoms with Crippen molar-refractivity contribution in [2.24, 2.45) is 5.16 Å². The Morgan fingerprint density at radius 1 is 1.56 bits per heavy atom. The van der Waals surface area contributed by atoms with Crippen molar-refractivity contribution in [1.29, 1.82) is 0 Å². The first kappa shape index (κ1) is 16.4. The van der Waals surface area contributed by atoms with Crippen LogP contribution in [0.15, 0.2) is 29.7 Å². The van der Waals surface area contributed by atoms with Gasteiger partial charge in [0.1, 0.15) is 0 Å². The first-order valence-electron chi connectivity index (χ1n) is 5.38. The van der Waals surface area contributed by atoms with Crippen LogP contribution in [0, 0.1) is 0 Å². The maximum atomic E-state index is 11.7. The van der Waals surface area contributed by atoms with E-state index in [-0.39, 0.29) is 30.4 Å². The number of oxime groups is 1. The van der Waals surface area contributed by atoms with Gasteiger partial charge in [-0.1, -0.05) is 5.16 Å². The third kappa shape index (κ3) is 6.20. The zero-order valence-corrected chi connectivity index (χ0v) is 11.5. The van der Waals surface area contributed by atoms with Gasteiger partial charge in [0.2, 0.25) is 6.54 Å². The second-order valence-corrected chi connectivity index (χ2v) is 4.85. The number of aromatic nitrogens is 1. The first-order valence-corrected chi connectivity index (χ1v) is 5.38. The number of amides is 1. The average Bonchev–Trinajstić information content (AvgIpc) is 2.15. The van der Waals surface area contributed by atoms with Gasteiger partial charge in [0.25, 0.3) is 5.91 Å². The van der Waals surface area contributed by atoms with Crippen LogP contribution in [0.3, 0.4) is 0 Å². The molecule has 100 valence electrons. The van der Waals surface area contributed by atoms with E-state index < -0.39 is 0 Å². The van der Waals surface area contributed by atoms with Gasteiger partial charge in [0.05, 0.1) is 11.8 Å². The summed E-state index contributed by atoms with van der Waals surface area (Å²) in [4.78, 5) is 11.7. The largest absolute Gasteiger partial charge is 1.00 e. The van der Waals surface area contributed by atoms with Crippen LogP contribution in [-0.2, 0) is 11.3 Å². The van der Waals surface area contributed by atoms with Crippen molar-refractivity contribution in [2.45, 2.75) is 32.9 Å². The van der Waals surface area contributed by atoms with Gasteiger partial charge in [-0.15, -0.1) is 0 Å². The monoisotopic (exact) mass is 271 g/mol. The second-order valence-electron chi connectivity index (χ2n) is 4.85. The summed E-state index contributed by atoms with van der Waals surface area (Å²) in [7, 11) is 0. The Kier molecular flexibility index (Phi) is 6.33. The quantitative estimate of drug-likeness (QED) is 0.281. The minimum Gasteiger partial charge on any atom is -1.00 e. The molecule has 0 aliphatic carbocycles. The van der Waals surface area contributed by atoms with Crippen LogP contribution < -0.4 is 22.3 Å². The number of hydrogen-bond acceptors (Lipinski definition) is 3. The van der Waals surface area contributed by atoms with Gasteiger partial charge in [-0.25, -0.2) is 0 Å². The number of pyridine rings is 1. The molecule has 0 aliphatic heterocycles. The smallest absolute Gasteiger partial charge is 0.286 e. The fourth-order valence-electron chi connectivity index (χ4n) is 1.41. The summed E-state index contributed by atoms with van der Waals surface area (Å²) in [6.07, 6.45) is 4.84. The third-order valence-corrected chi connectivity index (χ3v) is 1.93. The van der Waals surface area contributed by atoms with E-state index in [0.29, 0.717) is 0 Å². The average molecular weight is 272 g/mol. The van der Waals surface area contributed by atoms with E-state index in [0.717, 1.165) is 5.56 Å². The lowest BCUT2D eigenvalue weighted by molar-refractivity contribution is -0.684. The predicted molar refractivity (Wildman–Crippen MR) is 63.9 cm³/mol. The maximum Gasteiger partial charge on any atom is 0.286 e. The van der Waals surface area contributed by atoms with Gasteiger partial charge in [-0.2, -0.15) is 4.57 Å². The summed E-state index contributed by atoms with van der Waals surface area (Å²) in [5.74, 6) is -0.0550. The fourth-order valence-corrected chi connectivity index (χ4v) is 1.41. The Morgan fingerprint density at radius 3 is 2.78 bits per heavy atom. The Hall–Kier alpha value is -1.62. The van der Waals surface area contributed by atoms with E-state index in [9.17, 15) is 4.79 Å². The Morgan fingerprint density at radius 2 is 2.22 bits per heavy atom. The second kappa shape index (κ2) is 6.96. The molecular formula is C12H18ClN3O2. The maximum absolute atomic E-state index is 11.7. The SMILES string of the molecule is CC(C)(C)NC(=O)C[n+]1cccc(C=NO)c1.[Cl-]. The van der Waals surface area contributed by atoms with Crippen molar-refractivity contribution in [1.82, 2.24) is 5.32 Å². The summed E-state index contributed by atoms with van der Waals surface area (Å²) in [6, 6.07) is 3.58. The highest BCUT2D eigenvalue weighted by atomic mass is 35.5. The van der Waals surface area contributed by atoms with Crippen molar-refractivity contribution in [3.63, 3.8) is 0 Å². The number of rotatable bonds is 3. The van der Waals surface area contributed by atoms with Crippen LogP contribution in [0.1, 0.15) is 26.3 Å². The lowest BCUT2D eigenvalue weighted by Gasteiger charge is -2.19. The van der Waals surface area contributed by atoms with Gasteiger partial charge >= 0.3 is 0 Å². The predicted octanol–water partition coefficient (Wildman–Crippen LogP) is -2.30. The highest BCUT2D eigenvalue weighted by molar-refractivity contribution is 5.78. The summed E-state index contributed by atoms with van der Waals surface area (Å²) < 4.78 is 1.73. The lowest BCUT2D eigenvalue weighted by Crippen LogP contribution is -3.00. The molecule has 1 rings (SSSR count). The Balaban J connectivity index is 0.00000289. The van der Waals surface area contributed by atoms with Crippen molar-refractivity contribution in [3.8, 4) is 0 Å². The van der Waals surface area contributed by atoms with Crippen molar-refractivity contribution >= 4 is 12.1 Å². The summed E-state index contributed by atoms with van der Waals surface area (Å²) in [5.41, 5.74) is 0.500. The molecule has 0 atom stereocenters. The minimum absolute atomic E-state index is 0. The molecule has 0 radical (unpaired) electrons. The fraction of sp³-hybridized carbons (Fsp3) is 0.417. The Labute approximate surface area is 113 Å². The molecule has 1 heterocycles. The number of carbonyl (C=O) groups excluding carboxylic acids is 1. The van der Waals surface area contributed by atoms with Crippen LogP contribution in [0.5, 0.6) is 0 Å². The minimum atomic E-state index is -0.234. The van der Waals surface area contributed by atoms with Crippen LogP contribution in [0.25, 0.3) is 0 Å². The molecule has 6 heteroatoms. The van der Waals surface area contributed by atoms with E-state index in [4.69, 9.17) is 5.21 Å². The molecule has 0 bridgehead atoms. The third-order valence-electron chi connectivity index (χ3n) is 1.93. The molecular weight excluding hydrogens is 254 g/mol. The topological polar surface area (TPSA) is 65.6 Å². The van der Waals surface area contributed by atoms with Crippen LogP contribution in [0.2, 0.25) is 0 Å². The number of nitrogens with one attached hydrogen (secondary N) is 1. The standard InChI is InChI=1S/C12H17N3O2.ClH/c1-12(2,3)14-11(16)9-15-6-4-5-10(8-15)7-13-17;/h4-8H,9H2,1-3H3,(H-,14,16,17);1H. The van der Waals surface area contributed by atoms with Gasteiger partial charge in [-0.3, -0.25) is 4.79 Å². The highest BCUT2D eigenvalue weighted by Gasteiger charge is 2.16. The highest BCUT2D eigenvalue weighted by Crippen LogP contribution is 1.97. The van der Waals surface area contributed by atoms with Crippen LogP contribution in [0.4, 0.5) is 0 Å². The number of halogens is 1. The molecule has 0 spiro atoms. The molecule has 0 saturated carbocycles.